The van der Waals surface area contributed by atoms with Crippen molar-refractivity contribution in [2.45, 2.75) is 65.5 Å². The van der Waals surface area contributed by atoms with Gasteiger partial charge in [0.05, 0.1) is 29.8 Å². The number of esters is 1. The van der Waals surface area contributed by atoms with E-state index in [2.05, 4.69) is 11.0 Å². The zero-order valence-electron chi connectivity index (χ0n) is 19.3. The van der Waals surface area contributed by atoms with E-state index in [-0.39, 0.29) is 24.0 Å². The van der Waals surface area contributed by atoms with E-state index in [9.17, 15) is 9.59 Å². The molecule has 1 aromatic carbocycles. The molecule has 32 heavy (non-hydrogen) atoms. The van der Waals surface area contributed by atoms with E-state index >= 15 is 0 Å². The molecule has 0 aliphatic carbocycles. The normalized spacial score (nSPS) is 20.8. The van der Waals surface area contributed by atoms with E-state index < -0.39 is 0 Å². The third-order valence-corrected chi connectivity index (χ3v) is 6.85. The zero-order chi connectivity index (χ0) is 22.8. The number of hydrogen-bond acceptors (Lipinski definition) is 6. The number of fused-ring (bicyclic) bond motifs is 1. The Morgan fingerprint density at radius 2 is 1.94 bits per heavy atom. The molecule has 1 amide bonds. The van der Waals surface area contributed by atoms with E-state index in [0.29, 0.717) is 17.7 Å². The molecular weight excluding hydrogens is 422 g/mol. The molecule has 1 saturated heterocycles. The molecular formula is C25H31N3O3S. The third kappa shape index (κ3) is 4.63. The van der Waals surface area contributed by atoms with Crippen LogP contribution in [0.4, 0.5) is 0 Å². The van der Waals surface area contributed by atoms with E-state index in [1.54, 1.807) is 0 Å². The monoisotopic (exact) mass is 453 g/mol. The Bertz CT molecular complexity index is 1010. The third-order valence-electron chi connectivity index (χ3n) is 5.96. The number of piperidine rings is 1. The number of allylic oxidation sites excluding steroid dienone is 1. The van der Waals surface area contributed by atoms with Crippen LogP contribution < -0.4 is 0 Å². The number of amides is 1. The number of aliphatic imine (C=N–C) groups is 1. The van der Waals surface area contributed by atoms with Crippen LogP contribution in [-0.2, 0) is 14.3 Å². The second kappa shape index (κ2) is 9.53. The number of carbonyl (C=O) groups is 2. The minimum Gasteiger partial charge on any atom is -0.459 e. The number of aryl methyl sites for hydroxylation is 1. The molecule has 0 saturated carbocycles. The molecule has 0 unspecified atom stereocenters. The highest BCUT2D eigenvalue weighted by Crippen LogP contribution is 2.45. The summed E-state index contributed by atoms with van der Waals surface area (Å²) >= 11 is 1.51. The lowest BCUT2D eigenvalue weighted by Gasteiger charge is -2.37. The van der Waals surface area contributed by atoms with Crippen LogP contribution in [0.5, 0.6) is 0 Å². The first-order valence-corrected chi connectivity index (χ1v) is 12.2. The van der Waals surface area contributed by atoms with Crippen molar-refractivity contribution in [3.63, 3.8) is 0 Å². The van der Waals surface area contributed by atoms with E-state index in [0.717, 1.165) is 47.9 Å². The molecule has 170 valence electrons. The van der Waals surface area contributed by atoms with Gasteiger partial charge in [0.15, 0.2) is 5.17 Å². The van der Waals surface area contributed by atoms with Crippen LogP contribution in [0.2, 0.25) is 0 Å². The predicted molar refractivity (Wildman–Crippen MR) is 128 cm³/mol. The molecule has 1 aromatic rings. The van der Waals surface area contributed by atoms with Gasteiger partial charge in [-0.25, -0.2) is 9.79 Å². The molecule has 0 N–H and O–H groups in total. The van der Waals surface area contributed by atoms with Gasteiger partial charge in [-0.3, -0.25) is 4.79 Å². The van der Waals surface area contributed by atoms with Gasteiger partial charge in [0, 0.05) is 18.8 Å². The van der Waals surface area contributed by atoms with Crippen molar-refractivity contribution in [1.29, 1.82) is 0 Å². The van der Waals surface area contributed by atoms with E-state index in [1.807, 2.05) is 56.2 Å². The fourth-order valence-electron chi connectivity index (χ4n) is 4.47. The van der Waals surface area contributed by atoms with Crippen molar-refractivity contribution in [1.82, 2.24) is 9.80 Å². The molecule has 0 bridgehead atoms. The minimum absolute atomic E-state index is 0.137. The predicted octanol–water partition coefficient (Wildman–Crippen LogP) is 4.92. The Morgan fingerprint density at radius 3 is 2.62 bits per heavy atom. The van der Waals surface area contributed by atoms with Crippen molar-refractivity contribution in [3.05, 3.63) is 57.8 Å². The van der Waals surface area contributed by atoms with Crippen molar-refractivity contribution in [2.24, 2.45) is 4.99 Å². The molecule has 1 fully saturated rings. The average Bonchev–Trinajstić information content (AvgIpc) is 3.14. The maximum Gasteiger partial charge on any atom is 0.338 e. The number of hydrogen-bond donors (Lipinski definition) is 0. The maximum absolute atomic E-state index is 13.2. The topological polar surface area (TPSA) is 62.2 Å². The lowest BCUT2D eigenvalue weighted by Crippen LogP contribution is -2.40. The summed E-state index contributed by atoms with van der Waals surface area (Å²) < 4.78 is 5.61. The van der Waals surface area contributed by atoms with Gasteiger partial charge in [-0.05, 0) is 57.9 Å². The minimum atomic E-state index is -0.371. The first-order valence-electron chi connectivity index (χ1n) is 11.3. The summed E-state index contributed by atoms with van der Waals surface area (Å²) in [5, 5.41) is 2.81. The molecule has 3 aliphatic heterocycles. The van der Waals surface area contributed by atoms with Crippen LogP contribution in [0.25, 0.3) is 0 Å². The Balaban J connectivity index is 1.70. The van der Waals surface area contributed by atoms with E-state index in [1.165, 1.54) is 18.2 Å². The van der Waals surface area contributed by atoms with Crippen molar-refractivity contribution < 1.29 is 14.3 Å². The maximum atomic E-state index is 13.2. The molecule has 0 spiro atoms. The number of nitrogens with zero attached hydrogens (tertiary/aromatic N) is 3. The summed E-state index contributed by atoms with van der Waals surface area (Å²) in [4.78, 5) is 35.0. The lowest BCUT2D eigenvalue weighted by molar-refractivity contribution is -0.143. The Hall–Kier alpha value is -2.54. The molecule has 7 heteroatoms. The highest BCUT2D eigenvalue weighted by molar-refractivity contribution is 8.16. The summed E-state index contributed by atoms with van der Waals surface area (Å²) in [6.07, 6.45) is 3.39. The van der Waals surface area contributed by atoms with Gasteiger partial charge in [-0.15, -0.1) is 0 Å². The number of carbonyl (C=O) groups excluding carboxylic acids is 2. The van der Waals surface area contributed by atoms with Crippen LogP contribution in [0, 0.1) is 6.92 Å². The van der Waals surface area contributed by atoms with Crippen LogP contribution in [0.1, 0.15) is 63.6 Å². The first kappa shape index (κ1) is 22.6. The number of likely N-dealkylation sites (tertiary alicyclic amines) is 1. The van der Waals surface area contributed by atoms with Crippen molar-refractivity contribution in [2.75, 3.05) is 13.1 Å². The highest BCUT2D eigenvalue weighted by atomic mass is 32.2. The molecule has 0 radical (unpaired) electrons. The number of amidine groups is 1. The second-order valence-electron chi connectivity index (χ2n) is 8.88. The van der Waals surface area contributed by atoms with Gasteiger partial charge in [-0.1, -0.05) is 41.6 Å². The van der Waals surface area contributed by atoms with Gasteiger partial charge in [0.25, 0.3) is 0 Å². The van der Waals surface area contributed by atoms with Crippen molar-refractivity contribution >= 4 is 28.8 Å². The van der Waals surface area contributed by atoms with Gasteiger partial charge in [0.1, 0.15) is 0 Å². The smallest absolute Gasteiger partial charge is 0.338 e. The highest BCUT2D eigenvalue weighted by Gasteiger charge is 2.41. The summed E-state index contributed by atoms with van der Waals surface area (Å²) in [5.74, 6) is -0.219. The van der Waals surface area contributed by atoms with Crippen LogP contribution in [-0.4, -0.2) is 46.0 Å². The van der Waals surface area contributed by atoms with Crippen LogP contribution >= 0.6 is 11.8 Å². The van der Waals surface area contributed by atoms with Gasteiger partial charge in [0.2, 0.25) is 5.91 Å². The molecule has 3 aliphatic rings. The average molecular weight is 454 g/mol. The summed E-state index contributed by atoms with van der Waals surface area (Å²) in [6, 6.07) is 7.80. The Labute approximate surface area is 194 Å². The lowest BCUT2D eigenvalue weighted by atomic mass is 9.93. The molecule has 4 rings (SSSR count). The number of thioether (sulfide) groups is 1. The molecule has 1 atom stereocenters. The van der Waals surface area contributed by atoms with Gasteiger partial charge in [-0.2, -0.15) is 0 Å². The summed E-state index contributed by atoms with van der Waals surface area (Å²) in [7, 11) is 0. The summed E-state index contributed by atoms with van der Waals surface area (Å²) in [6.45, 7) is 9.25. The Kier molecular flexibility index (Phi) is 6.74. The quantitative estimate of drug-likeness (QED) is 0.592. The van der Waals surface area contributed by atoms with Gasteiger partial charge < -0.3 is 14.5 Å². The number of ether oxygens (including phenoxy) is 1. The Morgan fingerprint density at radius 1 is 1.19 bits per heavy atom. The standard InChI is InChI=1S/C25H31N3O3S/c1-16(2)31-24(30)22-18(4)26-25-28(23(22)19-10-8-9-17(3)13-19)20(15-32-25)14-21(29)27-11-6-5-7-12-27/h8-10,13,15-16,23H,5-7,11-12,14H2,1-4H3/t23-/m1/s1. The second-order valence-corrected chi connectivity index (χ2v) is 9.72. The molecule has 6 nitrogen and oxygen atoms in total. The molecule has 3 heterocycles. The zero-order valence-corrected chi connectivity index (χ0v) is 20.1. The fraction of sp³-hybridized carbons (Fsp3) is 0.480. The SMILES string of the molecule is CC1=C(C(=O)OC(C)C)[C@@H](c2cccc(C)c2)N2C(CC(=O)N3CCCCC3)=CSC2=N1. The fourth-order valence-corrected chi connectivity index (χ4v) is 5.44. The van der Waals surface area contributed by atoms with E-state index in [4.69, 9.17) is 9.73 Å². The van der Waals surface area contributed by atoms with Crippen LogP contribution in [0.3, 0.4) is 0 Å². The largest absolute Gasteiger partial charge is 0.459 e. The molecule has 0 aromatic heterocycles. The number of rotatable bonds is 5. The van der Waals surface area contributed by atoms with Crippen molar-refractivity contribution in [3.8, 4) is 0 Å². The number of benzene rings is 1. The van der Waals surface area contributed by atoms with Crippen LogP contribution in [0.15, 0.2) is 51.6 Å². The summed E-state index contributed by atoms with van der Waals surface area (Å²) in [5.41, 5.74) is 4.19. The van der Waals surface area contributed by atoms with Gasteiger partial charge >= 0.3 is 5.97 Å². The first-order chi connectivity index (χ1) is 15.3.